The van der Waals surface area contributed by atoms with Crippen LogP contribution in [0.2, 0.25) is 0 Å². The van der Waals surface area contributed by atoms with Crippen molar-refractivity contribution in [1.82, 2.24) is 10.2 Å². The van der Waals surface area contributed by atoms with Gasteiger partial charge in [0.25, 0.3) is 5.91 Å². The fourth-order valence-corrected chi connectivity index (χ4v) is 2.55. The Hall–Kier alpha value is -1.42. The number of aryl methyl sites for hydroxylation is 2. The summed E-state index contributed by atoms with van der Waals surface area (Å²) in [5.74, 6) is -0.112. The molecule has 3 nitrogen and oxygen atoms in total. The Kier molecular flexibility index (Phi) is 3.97. The van der Waals surface area contributed by atoms with Crippen LogP contribution < -0.4 is 5.32 Å². The molecule has 1 aromatic rings. The first-order valence-corrected chi connectivity index (χ1v) is 6.65. The maximum atomic E-state index is 12.1. The van der Waals surface area contributed by atoms with Gasteiger partial charge in [-0.2, -0.15) is 0 Å². The maximum Gasteiger partial charge on any atom is 0.257 e. The Morgan fingerprint density at radius 1 is 1.17 bits per heavy atom. The molecule has 1 N–H and O–H groups in total. The first-order chi connectivity index (χ1) is 8.56. The van der Waals surface area contributed by atoms with E-state index in [1.54, 1.807) is 0 Å². The predicted octanol–water partition coefficient (Wildman–Crippen LogP) is 2.41. The van der Waals surface area contributed by atoms with E-state index in [1.165, 1.54) is 0 Å². The van der Waals surface area contributed by atoms with Gasteiger partial charge in [0.15, 0.2) is 5.11 Å². The molecule has 0 bridgehead atoms. The van der Waals surface area contributed by atoms with Gasteiger partial charge in [-0.15, -0.1) is 0 Å². The van der Waals surface area contributed by atoms with Gasteiger partial charge in [-0.3, -0.25) is 10.1 Å². The molecule has 1 heterocycles. The standard InChI is InChI=1S/C14H18N2OS/c1-10-7-11(2)9-12(8-10)13(17)15-14(18)16-5-3-4-6-16/h7-9H,3-6H2,1-2H3,(H,15,17,18). The topological polar surface area (TPSA) is 32.3 Å². The molecule has 0 unspecified atom stereocenters. The quantitative estimate of drug-likeness (QED) is 0.789. The van der Waals surface area contributed by atoms with Gasteiger partial charge in [-0.25, -0.2) is 0 Å². The van der Waals surface area contributed by atoms with Gasteiger partial charge in [0.1, 0.15) is 0 Å². The smallest absolute Gasteiger partial charge is 0.257 e. The number of thiocarbonyl (C=S) groups is 1. The second kappa shape index (κ2) is 5.48. The molecule has 1 aliphatic heterocycles. The molecule has 4 heteroatoms. The molecule has 0 spiro atoms. The fraction of sp³-hybridized carbons (Fsp3) is 0.429. The number of likely N-dealkylation sites (tertiary alicyclic amines) is 1. The molecule has 1 saturated heterocycles. The van der Waals surface area contributed by atoms with Crippen molar-refractivity contribution < 1.29 is 4.79 Å². The zero-order chi connectivity index (χ0) is 13.1. The van der Waals surface area contributed by atoms with Gasteiger partial charge < -0.3 is 4.90 Å². The summed E-state index contributed by atoms with van der Waals surface area (Å²) >= 11 is 5.25. The third-order valence-electron chi connectivity index (χ3n) is 3.10. The van der Waals surface area contributed by atoms with Crippen molar-refractivity contribution in [3.05, 3.63) is 34.9 Å². The molecule has 0 saturated carbocycles. The number of nitrogens with zero attached hydrogens (tertiary/aromatic N) is 1. The lowest BCUT2D eigenvalue weighted by atomic mass is 10.1. The molecule has 0 radical (unpaired) electrons. The zero-order valence-electron chi connectivity index (χ0n) is 10.8. The number of carbonyl (C=O) groups excluding carboxylic acids is 1. The van der Waals surface area contributed by atoms with Crippen LogP contribution in [0.3, 0.4) is 0 Å². The summed E-state index contributed by atoms with van der Waals surface area (Å²) < 4.78 is 0. The molecule has 18 heavy (non-hydrogen) atoms. The third-order valence-corrected chi connectivity index (χ3v) is 3.46. The van der Waals surface area contributed by atoms with E-state index in [0.29, 0.717) is 10.7 Å². The lowest BCUT2D eigenvalue weighted by molar-refractivity contribution is 0.0974. The van der Waals surface area contributed by atoms with Gasteiger partial charge in [0, 0.05) is 18.7 Å². The molecule has 2 rings (SSSR count). The minimum absolute atomic E-state index is 0.112. The summed E-state index contributed by atoms with van der Waals surface area (Å²) in [4.78, 5) is 14.1. The largest absolute Gasteiger partial charge is 0.349 e. The van der Waals surface area contributed by atoms with E-state index in [4.69, 9.17) is 12.2 Å². The number of hydrogen-bond acceptors (Lipinski definition) is 2. The number of rotatable bonds is 1. The molecule has 1 aliphatic rings. The SMILES string of the molecule is Cc1cc(C)cc(C(=O)NC(=S)N2CCCC2)c1. The van der Waals surface area contributed by atoms with E-state index in [2.05, 4.69) is 16.3 Å². The molecular weight excluding hydrogens is 244 g/mol. The van der Waals surface area contributed by atoms with Crippen LogP contribution in [0.25, 0.3) is 0 Å². The monoisotopic (exact) mass is 262 g/mol. The predicted molar refractivity (Wildman–Crippen MR) is 76.8 cm³/mol. The second-order valence-electron chi connectivity index (χ2n) is 4.83. The summed E-state index contributed by atoms with van der Waals surface area (Å²) in [7, 11) is 0. The Morgan fingerprint density at radius 2 is 1.72 bits per heavy atom. The van der Waals surface area contributed by atoms with Crippen LogP contribution in [0.1, 0.15) is 34.3 Å². The summed E-state index contributed by atoms with van der Waals surface area (Å²) in [5.41, 5.74) is 2.86. The summed E-state index contributed by atoms with van der Waals surface area (Å²) in [6.07, 6.45) is 2.30. The molecule has 96 valence electrons. The average molecular weight is 262 g/mol. The van der Waals surface area contributed by atoms with E-state index >= 15 is 0 Å². The van der Waals surface area contributed by atoms with Crippen molar-refractivity contribution in [1.29, 1.82) is 0 Å². The lowest BCUT2D eigenvalue weighted by Crippen LogP contribution is -2.41. The van der Waals surface area contributed by atoms with Crippen LogP contribution in [-0.2, 0) is 0 Å². The van der Waals surface area contributed by atoms with Gasteiger partial charge >= 0.3 is 0 Å². The van der Waals surface area contributed by atoms with Crippen molar-refractivity contribution in [2.75, 3.05) is 13.1 Å². The molecule has 1 amide bonds. The highest BCUT2D eigenvalue weighted by Gasteiger charge is 2.17. The first kappa shape index (κ1) is 13.0. The normalized spacial score (nSPS) is 14.7. The minimum atomic E-state index is -0.112. The van der Waals surface area contributed by atoms with Gasteiger partial charge in [0.05, 0.1) is 0 Å². The van der Waals surface area contributed by atoms with E-state index in [-0.39, 0.29) is 5.91 Å². The summed E-state index contributed by atoms with van der Waals surface area (Å²) in [6, 6.07) is 5.82. The second-order valence-corrected chi connectivity index (χ2v) is 5.22. The average Bonchev–Trinajstić information content (AvgIpc) is 2.80. The first-order valence-electron chi connectivity index (χ1n) is 6.25. The van der Waals surface area contributed by atoms with E-state index in [9.17, 15) is 4.79 Å². The van der Waals surface area contributed by atoms with Crippen LogP contribution in [0, 0.1) is 13.8 Å². The van der Waals surface area contributed by atoms with Crippen molar-refractivity contribution in [3.63, 3.8) is 0 Å². The summed E-state index contributed by atoms with van der Waals surface area (Å²) in [5, 5.41) is 3.36. The van der Waals surface area contributed by atoms with E-state index in [1.807, 2.05) is 26.0 Å². The Labute approximate surface area is 113 Å². The van der Waals surface area contributed by atoms with Crippen LogP contribution in [0.15, 0.2) is 18.2 Å². The maximum absolute atomic E-state index is 12.1. The molecule has 1 aromatic carbocycles. The number of nitrogens with one attached hydrogen (secondary N) is 1. The highest BCUT2D eigenvalue weighted by molar-refractivity contribution is 7.80. The Balaban J connectivity index is 2.04. The number of carbonyl (C=O) groups is 1. The molecule has 0 aliphatic carbocycles. The van der Waals surface area contributed by atoms with Gasteiger partial charge in [-0.05, 0) is 51.0 Å². The van der Waals surface area contributed by atoms with Crippen molar-refractivity contribution in [3.8, 4) is 0 Å². The minimum Gasteiger partial charge on any atom is -0.349 e. The number of benzene rings is 1. The highest BCUT2D eigenvalue weighted by Crippen LogP contribution is 2.10. The molecule has 0 atom stereocenters. The number of amides is 1. The van der Waals surface area contributed by atoms with Crippen molar-refractivity contribution in [2.45, 2.75) is 26.7 Å². The third kappa shape index (κ3) is 3.07. The van der Waals surface area contributed by atoms with Crippen LogP contribution >= 0.6 is 12.2 Å². The zero-order valence-corrected chi connectivity index (χ0v) is 11.6. The van der Waals surface area contributed by atoms with Crippen molar-refractivity contribution in [2.24, 2.45) is 0 Å². The van der Waals surface area contributed by atoms with E-state index < -0.39 is 0 Å². The van der Waals surface area contributed by atoms with Crippen molar-refractivity contribution >= 4 is 23.2 Å². The van der Waals surface area contributed by atoms with Crippen LogP contribution in [0.5, 0.6) is 0 Å². The van der Waals surface area contributed by atoms with Crippen LogP contribution in [-0.4, -0.2) is 29.0 Å². The van der Waals surface area contributed by atoms with Crippen LogP contribution in [0.4, 0.5) is 0 Å². The highest BCUT2D eigenvalue weighted by atomic mass is 32.1. The molecule has 1 fully saturated rings. The molecular formula is C14H18N2OS. The van der Waals surface area contributed by atoms with E-state index in [0.717, 1.165) is 37.1 Å². The fourth-order valence-electron chi connectivity index (χ4n) is 2.27. The lowest BCUT2D eigenvalue weighted by Gasteiger charge is -2.18. The summed E-state index contributed by atoms with van der Waals surface area (Å²) in [6.45, 7) is 5.88. The molecule has 0 aromatic heterocycles. The van der Waals surface area contributed by atoms with Gasteiger partial charge in [0.2, 0.25) is 0 Å². The Morgan fingerprint density at radius 3 is 2.28 bits per heavy atom. The number of hydrogen-bond donors (Lipinski definition) is 1. The Bertz CT molecular complexity index is 458. The van der Waals surface area contributed by atoms with Gasteiger partial charge in [-0.1, -0.05) is 17.2 Å².